The van der Waals surface area contributed by atoms with E-state index in [1.165, 1.54) is 0 Å². The van der Waals surface area contributed by atoms with Crippen LogP contribution in [0.25, 0.3) is 0 Å². The first-order valence-electron chi connectivity index (χ1n) is 7.84. The zero-order valence-corrected chi connectivity index (χ0v) is 14.1. The Labute approximate surface area is 134 Å². The van der Waals surface area contributed by atoms with Crippen LogP contribution in [0.1, 0.15) is 26.2 Å². The molecule has 1 unspecified atom stereocenters. The highest BCUT2D eigenvalue weighted by molar-refractivity contribution is 6.80. The van der Waals surface area contributed by atoms with E-state index in [-0.39, 0.29) is 0 Å². The van der Waals surface area contributed by atoms with E-state index in [1.807, 2.05) is 36.4 Å². The molecule has 2 rings (SSSR count). The number of unbranched alkanes of at least 4 members (excludes halogenated alkanes) is 1. The van der Waals surface area contributed by atoms with Gasteiger partial charge in [0, 0.05) is 0 Å². The van der Waals surface area contributed by atoms with E-state index in [1.54, 1.807) is 0 Å². The Kier molecular flexibility index (Phi) is 6.86. The third-order valence-electron chi connectivity index (χ3n) is 3.69. The maximum Gasteiger partial charge on any atom is 0.481 e. The van der Waals surface area contributed by atoms with Crippen molar-refractivity contribution in [3.05, 3.63) is 60.7 Å². The number of benzene rings is 2. The summed E-state index contributed by atoms with van der Waals surface area (Å²) in [6, 6.07) is 19.7. The van der Waals surface area contributed by atoms with Crippen LogP contribution in [0.15, 0.2) is 60.7 Å². The maximum absolute atomic E-state index is 9.63. The van der Waals surface area contributed by atoms with Crippen LogP contribution in [-0.2, 0) is 4.43 Å². The van der Waals surface area contributed by atoms with Crippen molar-refractivity contribution in [3.8, 4) is 0 Å². The van der Waals surface area contributed by atoms with Crippen LogP contribution < -0.4 is 10.4 Å². The molecule has 0 aromatic heterocycles. The summed E-state index contributed by atoms with van der Waals surface area (Å²) >= 11 is 0. The van der Waals surface area contributed by atoms with Crippen LogP contribution in [0, 0.1) is 0 Å². The summed E-state index contributed by atoms with van der Waals surface area (Å²) in [5.74, 6) is 0. The van der Waals surface area contributed by atoms with E-state index >= 15 is 0 Å². The second-order valence-electron chi connectivity index (χ2n) is 5.43. The second-order valence-corrected chi connectivity index (χ2v) is 7.80. The number of rotatable bonds is 8. The standard InChI is InChI=1S/C17H23BO3Si/c1-2-3-14-17(18(19)20)21-22(15-10-6-4-7-11-15)16-12-8-5-9-13-16/h4-13,17,19-20,22H,2-3,14H2,1H3. The van der Waals surface area contributed by atoms with Crippen molar-refractivity contribution < 1.29 is 14.5 Å². The first kappa shape index (κ1) is 17.0. The van der Waals surface area contributed by atoms with Gasteiger partial charge >= 0.3 is 7.12 Å². The molecule has 0 radical (unpaired) electrons. The van der Waals surface area contributed by atoms with Gasteiger partial charge in [0.1, 0.15) is 0 Å². The zero-order chi connectivity index (χ0) is 15.8. The fourth-order valence-corrected chi connectivity index (χ4v) is 4.94. The predicted molar refractivity (Wildman–Crippen MR) is 93.9 cm³/mol. The number of hydrogen-bond donors (Lipinski definition) is 2. The van der Waals surface area contributed by atoms with Gasteiger partial charge in [-0.1, -0.05) is 80.4 Å². The molecule has 2 aromatic rings. The van der Waals surface area contributed by atoms with Crippen molar-refractivity contribution in [2.45, 2.75) is 32.2 Å². The van der Waals surface area contributed by atoms with Crippen LogP contribution in [0.4, 0.5) is 0 Å². The van der Waals surface area contributed by atoms with Crippen molar-refractivity contribution in [2.24, 2.45) is 0 Å². The van der Waals surface area contributed by atoms with Gasteiger partial charge < -0.3 is 14.5 Å². The smallest absolute Gasteiger partial charge is 0.425 e. The summed E-state index contributed by atoms with van der Waals surface area (Å²) in [7, 11) is -3.36. The molecule has 2 N–H and O–H groups in total. The molecular weight excluding hydrogens is 291 g/mol. The highest BCUT2D eigenvalue weighted by Gasteiger charge is 2.29. The van der Waals surface area contributed by atoms with Gasteiger partial charge in [0.15, 0.2) is 0 Å². The van der Waals surface area contributed by atoms with Crippen LogP contribution in [-0.4, -0.2) is 32.2 Å². The molecule has 116 valence electrons. The molecule has 0 spiro atoms. The lowest BCUT2D eigenvalue weighted by atomic mass is 9.79. The van der Waals surface area contributed by atoms with Gasteiger partial charge in [-0.15, -0.1) is 0 Å². The molecule has 1 atom stereocenters. The first-order chi connectivity index (χ1) is 10.7. The Morgan fingerprint density at radius 1 is 0.955 bits per heavy atom. The Morgan fingerprint density at radius 2 is 1.45 bits per heavy atom. The minimum Gasteiger partial charge on any atom is -0.425 e. The van der Waals surface area contributed by atoms with Gasteiger partial charge in [0.25, 0.3) is 0 Å². The third kappa shape index (κ3) is 4.81. The van der Waals surface area contributed by atoms with Crippen LogP contribution in [0.2, 0.25) is 0 Å². The van der Waals surface area contributed by atoms with Crippen LogP contribution in [0.3, 0.4) is 0 Å². The molecule has 0 heterocycles. The molecule has 2 aromatic carbocycles. The molecule has 22 heavy (non-hydrogen) atoms. The molecule has 0 amide bonds. The van der Waals surface area contributed by atoms with Gasteiger partial charge in [-0.2, -0.15) is 0 Å². The molecule has 0 saturated carbocycles. The van der Waals surface area contributed by atoms with Crippen molar-refractivity contribution in [2.75, 3.05) is 0 Å². The molecular formula is C17H23BO3Si. The Bertz CT molecular complexity index is 497. The average molecular weight is 314 g/mol. The third-order valence-corrected chi connectivity index (χ3v) is 6.29. The summed E-state index contributed by atoms with van der Waals surface area (Å²) in [5, 5.41) is 21.6. The molecule has 5 heteroatoms. The molecule has 0 aliphatic carbocycles. The largest absolute Gasteiger partial charge is 0.481 e. The lowest BCUT2D eigenvalue weighted by Crippen LogP contribution is -2.50. The van der Waals surface area contributed by atoms with Crippen molar-refractivity contribution in [1.29, 1.82) is 0 Å². The van der Waals surface area contributed by atoms with Crippen LogP contribution >= 0.6 is 0 Å². The minimum atomic E-state index is -1.93. The van der Waals surface area contributed by atoms with E-state index in [4.69, 9.17) is 4.43 Å². The van der Waals surface area contributed by atoms with E-state index in [9.17, 15) is 10.0 Å². The lowest BCUT2D eigenvalue weighted by Gasteiger charge is -2.24. The molecule has 0 aliphatic rings. The summed E-state index contributed by atoms with van der Waals surface area (Å²) in [6.07, 6.45) is 2.60. The Balaban J connectivity index is 2.24. The van der Waals surface area contributed by atoms with E-state index in [0.29, 0.717) is 6.42 Å². The first-order valence-corrected chi connectivity index (χ1v) is 9.46. The van der Waals surface area contributed by atoms with Crippen LogP contribution in [0.5, 0.6) is 0 Å². The summed E-state index contributed by atoms with van der Waals surface area (Å²) < 4.78 is 6.23. The Morgan fingerprint density at radius 3 is 1.86 bits per heavy atom. The maximum atomic E-state index is 9.63. The van der Waals surface area contributed by atoms with Crippen molar-refractivity contribution >= 4 is 26.5 Å². The molecule has 0 bridgehead atoms. The molecule has 0 fully saturated rings. The number of hydrogen-bond acceptors (Lipinski definition) is 3. The van der Waals surface area contributed by atoms with Gasteiger partial charge in [-0.3, -0.25) is 0 Å². The molecule has 0 saturated heterocycles. The highest BCUT2D eigenvalue weighted by atomic mass is 28.3. The molecule has 0 aliphatic heterocycles. The average Bonchev–Trinajstić information content (AvgIpc) is 2.56. The summed E-state index contributed by atoms with van der Waals surface area (Å²) in [5.41, 5.74) is 0. The van der Waals surface area contributed by atoms with Crippen molar-refractivity contribution in [1.82, 2.24) is 0 Å². The van der Waals surface area contributed by atoms with Gasteiger partial charge in [-0.05, 0) is 16.8 Å². The molecule has 3 nitrogen and oxygen atoms in total. The topological polar surface area (TPSA) is 49.7 Å². The van der Waals surface area contributed by atoms with E-state index in [0.717, 1.165) is 23.2 Å². The van der Waals surface area contributed by atoms with E-state index < -0.39 is 22.2 Å². The minimum absolute atomic E-state index is 0.531. The summed E-state index contributed by atoms with van der Waals surface area (Å²) in [4.78, 5) is 0. The fraction of sp³-hybridized carbons (Fsp3) is 0.294. The Hall–Kier alpha value is -1.40. The highest BCUT2D eigenvalue weighted by Crippen LogP contribution is 2.08. The van der Waals surface area contributed by atoms with Gasteiger partial charge in [-0.25, -0.2) is 0 Å². The van der Waals surface area contributed by atoms with Gasteiger partial charge in [0.05, 0.1) is 6.00 Å². The zero-order valence-electron chi connectivity index (χ0n) is 12.9. The monoisotopic (exact) mass is 314 g/mol. The summed E-state index contributed by atoms with van der Waals surface area (Å²) in [6.45, 7) is 2.09. The van der Waals surface area contributed by atoms with E-state index in [2.05, 4.69) is 31.2 Å². The van der Waals surface area contributed by atoms with Gasteiger partial charge in [0.2, 0.25) is 9.04 Å². The quantitative estimate of drug-likeness (QED) is 0.718. The lowest BCUT2D eigenvalue weighted by molar-refractivity contribution is 0.214. The fourth-order valence-electron chi connectivity index (χ4n) is 2.47. The second kappa shape index (κ2) is 8.90. The normalized spacial score (nSPS) is 12.4. The predicted octanol–water partition coefficient (Wildman–Crippen LogP) is 1.11. The van der Waals surface area contributed by atoms with Crippen molar-refractivity contribution in [3.63, 3.8) is 0 Å². The SMILES string of the molecule is CCCCC(O[SiH](c1ccccc1)c1ccccc1)B(O)O.